The molecule has 0 fully saturated rings. The van der Waals surface area contributed by atoms with Gasteiger partial charge in [-0.2, -0.15) is 5.10 Å². The van der Waals surface area contributed by atoms with Crippen molar-refractivity contribution in [2.75, 3.05) is 13.7 Å². The van der Waals surface area contributed by atoms with E-state index in [2.05, 4.69) is 10.4 Å². The molecule has 6 heteroatoms. The SMILES string of the molecule is CCOc1ccc(CNC(=O)N(C)[C@@H](C)c2cnn(C)c2)cc1C. The van der Waals surface area contributed by atoms with E-state index in [-0.39, 0.29) is 12.1 Å². The molecule has 1 aromatic carbocycles. The van der Waals surface area contributed by atoms with Crippen LogP contribution in [0.15, 0.2) is 30.6 Å². The smallest absolute Gasteiger partial charge is 0.317 e. The van der Waals surface area contributed by atoms with Gasteiger partial charge in [0, 0.05) is 32.4 Å². The number of rotatable bonds is 6. The predicted octanol–water partition coefficient (Wildman–Crippen LogP) is 3.03. The van der Waals surface area contributed by atoms with Crippen LogP contribution in [0.5, 0.6) is 5.75 Å². The van der Waals surface area contributed by atoms with E-state index in [9.17, 15) is 4.79 Å². The van der Waals surface area contributed by atoms with Gasteiger partial charge in [-0.15, -0.1) is 0 Å². The fraction of sp³-hybridized carbons (Fsp3) is 0.444. The van der Waals surface area contributed by atoms with Crippen molar-refractivity contribution in [3.05, 3.63) is 47.3 Å². The summed E-state index contributed by atoms with van der Waals surface area (Å²) in [6.07, 6.45) is 3.70. The fourth-order valence-corrected chi connectivity index (χ4v) is 2.50. The molecule has 2 rings (SSSR count). The average Bonchev–Trinajstić information content (AvgIpc) is 3.00. The van der Waals surface area contributed by atoms with Gasteiger partial charge in [-0.3, -0.25) is 4.68 Å². The molecule has 0 saturated heterocycles. The Balaban J connectivity index is 1.93. The van der Waals surface area contributed by atoms with E-state index in [0.717, 1.165) is 22.4 Å². The molecule has 0 saturated carbocycles. The van der Waals surface area contributed by atoms with E-state index < -0.39 is 0 Å². The van der Waals surface area contributed by atoms with Gasteiger partial charge in [-0.05, 0) is 38.0 Å². The van der Waals surface area contributed by atoms with Gasteiger partial charge in [0.15, 0.2) is 0 Å². The molecule has 0 aliphatic carbocycles. The van der Waals surface area contributed by atoms with E-state index in [4.69, 9.17) is 4.74 Å². The molecule has 0 spiro atoms. The molecule has 24 heavy (non-hydrogen) atoms. The Bertz CT molecular complexity index is 696. The van der Waals surface area contributed by atoms with Crippen molar-refractivity contribution in [2.45, 2.75) is 33.4 Å². The molecule has 1 atom stereocenters. The van der Waals surface area contributed by atoms with Crippen LogP contribution in [-0.4, -0.2) is 34.4 Å². The number of carbonyl (C=O) groups is 1. The molecule has 1 N–H and O–H groups in total. The van der Waals surface area contributed by atoms with E-state index in [1.165, 1.54) is 0 Å². The third-order valence-electron chi connectivity index (χ3n) is 4.09. The minimum Gasteiger partial charge on any atom is -0.494 e. The molecule has 2 aromatic rings. The first-order valence-electron chi connectivity index (χ1n) is 8.14. The Labute approximate surface area is 143 Å². The number of amides is 2. The van der Waals surface area contributed by atoms with Gasteiger partial charge in [0.05, 0.1) is 18.8 Å². The highest BCUT2D eigenvalue weighted by atomic mass is 16.5. The van der Waals surface area contributed by atoms with Crippen LogP contribution in [0.1, 0.15) is 36.6 Å². The molecular formula is C18H26N4O2. The molecule has 0 bridgehead atoms. The number of benzene rings is 1. The molecule has 1 heterocycles. The molecule has 0 unspecified atom stereocenters. The van der Waals surface area contributed by atoms with Gasteiger partial charge in [0.1, 0.15) is 5.75 Å². The van der Waals surface area contributed by atoms with Crippen molar-refractivity contribution in [3.63, 3.8) is 0 Å². The van der Waals surface area contributed by atoms with Gasteiger partial charge < -0.3 is 15.0 Å². The minimum absolute atomic E-state index is 0.0410. The zero-order valence-corrected chi connectivity index (χ0v) is 15.0. The van der Waals surface area contributed by atoms with Crippen molar-refractivity contribution in [1.82, 2.24) is 20.0 Å². The van der Waals surface area contributed by atoms with Crippen molar-refractivity contribution in [1.29, 1.82) is 0 Å². The quantitative estimate of drug-likeness (QED) is 0.885. The second kappa shape index (κ2) is 7.86. The van der Waals surface area contributed by atoms with Crippen LogP contribution in [0.2, 0.25) is 0 Å². The minimum atomic E-state index is -0.113. The lowest BCUT2D eigenvalue weighted by Crippen LogP contribution is -2.38. The first kappa shape index (κ1) is 17.8. The van der Waals surface area contributed by atoms with Gasteiger partial charge in [0.2, 0.25) is 0 Å². The molecule has 0 aliphatic heterocycles. The summed E-state index contributed by atoms with van der Waals surface area (Å²) in [5.74, 6) is 0.884. The number of aromatic nitrogens is 2. The largest absolute Gasteiger partial charge is 0.494 e. The lowest BCUT2D eigenvalue weighted by molar-refractivity contribution is 0.194. The maximum Gasteiger partial charge on any atom is 0.317 e. The summed E-state index contributed by atoms with van der Waals surface area (Å²) >= 11 is 0. The highest BCUT2D eigenvalue weighted by Crippen LogP contribution is 2.20. The van der Waals surface area contributed by atoms with Crippen molar-refractivity contribution < 1.29 is 9.53 Å². The second-order valence-corrected chi connectivity index (χ2v) is 5.93. The third kappa shape index (κ3) is 4.28. The molecular weight excluding hydrogens is 304 g/mol. The fourth-order valence-electron chi connectivity index (χ4n) is 2.50. The second-order valence-electron chi connectivity index (χ2n) is 5.93. The number of hydrogen-bond donors (Lipinski definition) is 1. The van der Waals surface area contributed by atoms with Gasteiger partial charge in [-0.25, -0.2) is 4.79 Å². The standard InChI is InChI=1S/C18H26N4O2/c1-6-24-17-8-7-15(9-13(17)2)10-19-18(23)22(5)14(3)16-11-20-21(4)12-16/h7-9,11-12,14H,6,10H2,1-5H3,(H,19,23)/t14-/m0/s1. The van der Waals surface area contributed by atoms with Crippen LogP contribution in [0.4, 0.5) is 4.79 Å². The summed E-state index contributed by atoms with van der Waals surface area (Å²) in [7, 11) is 3.65. The Morgan fingerprint density at radius 1 is 1.46 bits per heavy atom. The molecule has 6 nitrogen and oxygen atoms in total. The number of aryl methyl sites for hydroxylation is 2. The lowest BCUT2D eigenvalue weighted by atomic mass is 10.1. The van der Waals surface area contributed by atoms with Gasteiger partial charge >= 0.3 is 6.03 Å². The summed E-state index contributed by atoms with van der Waals surface area (Å²) in [5.41, 5.74) is 3.12. The van der Waals surface area contributed by atoms with E-state index in [1.807, 2.05) is 52.2 Å². The summed E-state index contributed by atoms with van der Waals surface area (Å²) < 4.78 is 7.27. The zero-order valence-electron chi connectivity index (χ0n) is 15.0. The first-order chi connectivity index (χ1) is 11.4. The number of carbonyl (C=O) groups excluding carboxylic acids is 1. The summed E-state index contributed by atoms with van der Waals surface area (Å²) in [6, 6.07) is 5.81. The highest BCUT2D eigenvalue weighted by Gasteiger charge is 2.18. The Hall–Kier alpha value is -2.50. The zero-order chi connectivity index (χ0) is 17.7. The number of hydrogen-bond acceptors (Lipinski definition) is 3. The Morgan fingerprint density at radius 2 is 2.21 bits per heavy atom. The summed E-state index contributed by atoms with van der Waals surface area (Å²) in [6.45, 7) is 7.08. The lowest BCUT2D eigenvalue weighted by Gasteiger charge is -2.24. The molecule has 1 aromatic heterocycles. The normalized spacial score (nSPS) is 11.9. The molecule has 2 amide bonds. The third-order valence-corrected chi connectivity index (χ3v) is 4.09. The number of ether oxygens (including phenoxy) is 1. The topological polar surface area (TPSA) is 59.4 Å². The summed E-state index contributed by atoms with van der Waals surface area (Å²) in [5, 5.41) is 7.11. The maximum atomic E-state index is 12.4. The Kier molecular flexibility index (Phi) is 5.84. The highest BCUT2D eigenvalue weighted by molar-refractivity contribution is 5.74. The van der Waals surface area contributed by atoms with Crippen LogP contribution >= 0.6 is 0 Å². The maximum absolute atomic E-state index is 12.4. The Morgan fingerprint density at radius 3 is 2.79 bits per heavy atom. The molecule has 0 aliphatic rings. The van der Waals surface area contributed by atoms with Crippen LogP contribution in [0, 0.1) is 6.92 Å². The number of urea groups is 1. The van der Waals surface area contributed by atoms with Gasteiger partial charge in [0.25, 0.3) is 0 Å². The van der Waals surface area contributed by atoms with Crippen LogP contribution < -0.4 is 10.1 Å². The summed E-state index contributed by atoms with van der Waals surface area (Å²) in [4.78, 5) is 14.0. The van der Waals surface area contributed by atoms with Crippen LogP contribution in [0.25, 0.3) is 0 Å². The van der Waals surface area contributed by atoms with Crippen molar-refractivity contribution in [2.24, 2.45) is 7.05 Å². The number of nitrogens with zero attached hydrogens (tertiary/aromatic N) is 3. The monoisotopic (exact) mass is 330 g/mol. The van der Waals surface area contributed by atoms with Crippen LogP contribution in [0.3, 0.4) is 0 Å². The van der Waals surface area contributed by atoms with E-state index in [0.29, 0.717) is 13.2 Å². The van der Waals surface area contributed by atoms with E-state index in [1.54, 1.807) is 22.8 Å². The first-order valence-corrected chi connectivity index (χ1v) is 8.14. The van der Waals surface area contributed by atoms with Crippen molar-refractivity contribution >= 4 is 6.03 Å². The number of nitrogens with one attached hydrogen (secondary N) is 1. The van der Waals surface area contributed by atoms with Crippen molar-refractivity contribution in [3.8, 4) is 5.75 Å². The molecule has 130 valence electrons. The van der Waals surface area contributed by atoms with E-state index >= 15 is 0 Å². The average molecular weight is 330 g/mol. The van der Waals surface area contributed by atoms with Crippen LogP contribution in [-0.2, 0) is 13.6 Å². The molecule has 0 radical (unpaired) electrons. The predicted molar refractivity (Wildman–Crippen MR) is 94.0 cm³/mol. The van der Waals surface area contributed by atoms with Gasteiger partial charge in [-0.1, -0.05) is 12.1 Å².